The molecule has 0 heterocycles. The maximum absolute atomic E-state index is 12.7. The number of benzene rings is 2. The van der Waals surface area contributed by atoms with Crippen molar-refractivity contribution in [2.24, 2.45) is 0 Å². The zero-order valence-electron chi connectivity index (χ0n) is 13.7. The number of amides is 2. The van der Waals surface area contributed by atoms with Crippen LogP contribution in [0.3, 0.4) is 0 Å². The van der Waals surface area contributed by atoms with Crippen LogP contribution in [-0.2, 0) is 14.3 Å². The van der Waals surface area contributed by atoms with E-state index in [4.69, 9.17) is 4.74 Å². The first-order valence-electron chi connectivity index (χ1n) is 7.85. The molecule has 2 aromatic rings. The number of methoxy groups -OCH3 is 1. The molecule has 0 fully saturated rings. The van der Waals surface area contributed by atoms with Gasteiger partial charge in [0.15, 0.2) is 0 Å². The molecule has 0 saturated carbocycles. The first kappa shape index (κ1) is 17.7. The lowest BCUT2D eigenvalue weighted by molar-refractivity contribution is -0.126. The third-order valence-corrected chi connectivity index (χ3v) is 3.58. The summed E-state index contributed by atoms with van der Waals surface area (Å²) in [5.74, 6) is -0.881. The zero-order valence-corrected chi connectivity index (χ0v) is 13.7. The van der Waals surface area contributed by atoms with E-state index in [0.717, 1.165) is 11.1 Å². The largest absolute Gasteiger partial charge is 0.383 e. The molecule has 0 unspecified atom stereocenters. The van der Waals surface area contributed by atoms with Crippen LogP contribution in [0.25, 0.3) is 0 Å². The molecule has 0 aliphatic carbocycles. The Balaban J connectivity index is 2.05. The van der Waals surface area contributed by atoms with Crippen LogP contribution >= 0.6 is 0 Å². The monoisotopic (exact) mass is 326 g/mol. The van der Waals surface area contributed by atoms with Gasteiger partial charge in [0.1, 0.15) is 0 Å². The Labute approximate surface area is 142 Å². The SMILES string of the molecule is COCCNC(=O)CNC(=O)C(c1ccccc1)c1ccccc1. The molecule has 0 spiro atoms. The highest BCUT2D eigenvalue weighted by atomic mass is 16.5. The average Bonchev–Trinajstić information content (AvgIpc) is 2.62. The number of hydrogen-bond donors (Lipinski definition) is 2. The number of rotatable bonds is 8. The Morgan fingerprint density at radius 3 is 1.96 bits per heavy atom. The normalized spacial score (nSPS) is 10.4. The fourth-order valence-electron chi connectivity index (χ4n) is 2.41. The van der Waals surface area contributed by atoms with Crippen LogP contribution in [0.1, 0.15) is 17.0 Å². The van der Waals surface area contributed by atoms with Crippen LogP contribution in [-0.4, -0.2) is 38.6 Å². The van der Waals surface area contributed by atoms with Gasteiger partial charge in [0.2, 0.25) is 11.8 Å². The molecular formula is C19H22N2O3. The summed E-state index contributed by atoms with van der Waals surface area (Å²) >= 11 is 0. The van der Waals surface area contributed by atoms with Crippen molar-refractivity contribution in [1.82, 2.24) is 10.6 Å². The minimum Gasteiger partial charge on any atom is -0.383 e. The number of carbonyl (C=O) groups is 2. The van der Waals surface area contributed by atoms with Crippen LogP contribution in [0, 0.1) is 0 Å². The molecule has 5 heteroatoms. The van der Waals surface area contributed by atoms with Gasteiger partial charge in [0.25, 0.3) is 0 Å². The van der Waals surface area contributed by atoms with Crippen molar-refractivity contribution in [1.29, 1.82) is 0 Å². The van der Waals surface area contributed by atoms with E-state index in [0.29, 0.717) is 13.2 Å². The summed E-state index contributed by atoms with van der Waals surface area (Å²) in [6.07, 6.45) is 0. The minimum atomic E-state index is -0.445. The highest BCUT2D eigenvalue weighted by Gasteiger charge is 2.22. The average molecular weight is 326 g/mol. The van der Waals surface area contributed by atoms with Crippen molar-refractivity contribution in [2.45, 2.75) is 5.92 Å². The summed E-state index contributed by atoms with van der Waals surface area (Å²) in [5, 5.41) is 5.39. The van der Waals surface area contributed by atoms with Gasteiger partial charge in [-0.3, -0.25) is 9.59 Å². The van der Waals surface area contributed by atoms with Gasteiger partial charge < -0.3 is 15.4 Å². The van der Waals surface area contributed by atoms with Crippen molar-refractivity contribution >= 4 is 11.8 Å². The molecule has 0 aromatic heterocycles. The van der Waals surface area contributed by atoms with Crippen molar-refractivity contribution in [3.05, 3.63) is 71.8 Å². The van der Waals surface area contributed by atoms with Gasteiger partial charge in [-0.15, -0.1) is 0 Å². The maximum atomic E-state index is 12.7. The Morgan fingerprint density at radius 1 is 0.917 bits per heavy atom. The molecule has 24 heavy (non-hydrogen) atoms. The summed E-state index contributed by atoms with van der Waals surface area (Å²) in [6, 6.07) is 19.1. The second-order valence-corrected chi connectivity index (χ2v) is 5.31. The van der Waals surface area contributed by atoms with E-state index in [2.05, 4.69) is 10.6 Å². The van der Waals surface area contributed by atoms with Gasteiger partial charge in [0, 0.05) is 13.7 Å². The molecule has 0 aliphatic rings. The highest BCUT2D eigenvalue weighted by Crippen LogP contribution is 2.24. The van der Waals surface area contributed by atoms with Gasteiger partial charge in [-0.05, 0) is 11.1 Å². The number of hydrogen-bond acceptors (Lipinski definition) is 3. The van der Waals surface area contributed by atoms with Crippen LogP contribution in [0.4, 0.5) is 0 Å². The molecule has 2 amide bonds. The first-order valence-corrected chi connectivity index (χ1v) is 7.85. The summed E-state index contributed by atoms with van der Waals surface area (Å²) in [4.78, 5) is 24.4. The lowest BCUT2D eigenvalue weighted by atomic mass is 9.90. The topological polar surface area (TPSA) is 67.4 Å². The van der Waals surface area contributed by atoms with Crippen LogP contribution in [0.2, 0.25) is 0 Å². The first-order chi connectivity index (χ1) is 11.7. The quantitative estimate of drug-likeness (QED) is 0.726. The lowest BCUT2D eigenvalue weighted by Gasteiger charge is -2.17. The Kier molecular flexibility index (Phi) is 6.98. The van der Waals surface area contributed by atoms with E-state index >= 15 is 0 Å². The smallest absolute Gasteiger partial charge is 0.239 e. The lowest BCUT2D eigenvalue weighted by Crippen LogP contribution is -2.40. The van der Waals surface area contributed by atoms with Crippen molar-refractivity contribution in [3.8, 4) is 0 Å². The summed E-state index contributed by atoms with van der Waals surface area (Å²) in [6.45, 7) is 0.807. The van der Waals surface area contributed by atoms with Gasteiger partial charge in [-0.25, -0.2) is 0 Å². The number of nitrogens with one attached hydrogen (secondary N) is 2. The molecule has 0 radical (unpaired) electrons. The second-order valence-electron chi connectivity index (χ2n) is 5.31. The predicted molar refractivity (Wildman–Crippen MR) is 92.6 cm³/mol. The van der Waals surface area contributed by atoms with E-state index < -0.39 is 5.92 Å². The third kappa shape index (κ3) is 5.21. The number of ether oxygens (including phenoxy) is 1. The molecule has 2 N–H and O–H groups in total. The molecule has 0 aliphatic heterocycles. The van der Waals surface area contributed by atoms with Crippen LogP contribution < -0.4 is 10.6 Å². The van der Waals surface area contributed by atoms with E-state index in [-0.39, 0.29) is 18.4 Å². The molecule has 5 nitrogen and oxygen atoms in total. The fourth-order valence-corrected chi connectivity index (χ4v) is 2.41. The zero-order chi connectivity index (χ0) is 17.2. The standard InChI is InChI=1S/C19H22N2O3/c1-24-13-12-20-17(22)14-21-19(23)18(15-8-4-2-5-9-15)16-10-6-3-7-11-16/h2-11,18H,12-14H2,1H3,(H,20,22)(H,21,23). The second kappa shape index (κ2) is 9.47. The van der Waals surface area contributed by atoms with Gasteiger partial charge in [0.05, 0.1) is 19.1 Å². The van der Waals surface area contributed by atoms with Crippen molar-refractivity contribution < 1.29 is 14.3 Å². The molecule has 0 bridgehead atoms. The molecular weight excluding hydrogens is 304 g/mol. The number of carbonyl (C=O) groups excluding carboxylic acids is 2. The molecule has 2 rings (SSSR count). The molecule has 2 aromatic carbocycles. The van der Waals surface area contributed by atoms with Crippen molar-refractivity contribution in [2.75, 3.05) is 26.8 Å². The predicted octanol–water partition coefficient (Wildman–Crippen LogP) is 1.70. The van der Waals surface area contributed by atoms with E-state index in [1.165, 1.54) is 0 Å². The third-order valence-electron chi connectivity index (χ3n) is 3.58. The van der Waals surface area contributed by atoms with E-state index in [1.54, 1.807) is 7.11 Å². The van der Waals surface area contributed by atoms with Crippen molar-refractivity contribution in [3.63, 3.8) is 0 Å². The van der Waals surface area contributed by atoms with Crippen LogP contribution in [0.15, 0.2) is 60.7 Å². The van der Waals surface area contributed by atoms with Gasteiger partial charge in [-0.1, -0.05) is 60.7 Å². The van der Waals surface area contributed by atoms with E-state index in [1.807, 2.05) is 60.7 Å². The van der Waals surface area contributed by atoms with Gasteiger partial charge >= 0.3 is 0 Å². The minimum absolute atomic E-state index is 0.0568. The Morgan fingerprint density at radius 2 is 1.46 bits per heavy atom. The molecule has 0 saturated heterocycles. The Bertz CT molecular complexity index is 605. The molecule has 126 valence electrons. The maximum Gasteiger partial charge on any atom is 0.239 e. The summed E-state index contributed by atoms with van der Waals surface area (Å²) < 4.78 is 4.87. The van der Waals surface area contributed by atoms with Gasteiger partial charge in [-0.2, -0.15) is 0 Å². The van der Waals surface area contributed by atoms with Crippen LogP contribution in [0.5, 0.6) is 0 Å². The molecule has 0 atom stereocenters. The summed E-state index contributed by atoms with van der Waals surface area (Å²) in [5.41, 5.74) is 1.78. The Hall–Kier alpha value is -2.66. The highest BCUT2D eigenvalue weighted by molar-refractivity contribution is 5.90. The summed E-state index contributed by atoms with van der Waals surface area (Å²) in [7, 11) is 1.57. The van der Waals surface area contributed by atoms with E-state index in [9.17, 15) is 9.59 Å². The fraction of sp³-hybridized carbons (Fsp3) is 0.263.